The van der Waals surface area contributed by atoms with Gasteiger partial charge in [0.2, 0.25) is 11.8 Å². The fraction of sp³-hybridized carbons (Fsp3) is 0.625. The fourth-order valence-corrected chi connectivity index (χ4v) is 4.63. The van der Waals surface area contributed by atoms with Crippen molar-refractivity contribution in [3.63, 3.8) is 0 Å². The van der Waals surface area contributed by atoms with Crippen LogP contribution in [0.1, 0.15) is 65.5 Å². The Kier molecular flexibility index (Phi) is 5.26. The monoisotopic (exact) mass is 426 g/mol. The third-order valence-corrected chi connectivity index (χ3v) is 7.04. The number of aliphatic imine (C=N–C) groups is 1. The topological polar surface area (TPSA) is 97.0 Å². The van der Waals surface area contributed by atoms with Gasteiger partial charge >= 0.3 is 0 Å². The molecule has 0 bridgehead atoms. The molecule has 7 heteroatoms. The summed E-state index contributed by atoms with van der Waals surface area (Å²) in [5, 5.41) is 3.27. The number of hydrogen-bond acceptors (Lipinski definition) is 5. The van der Waals surface area contributed by atoms with Gasteiger partial charge in [0.25, 0.3) is 0 Å². The number of ether oxygens (including phenoxy) is 1. The third kappa shape index (κ3) is 4.27. The van der Waals surface area contributed by atoms with Crippen LogP contribution >= 0.6 is 0 Å². The number of nitrogens with one attached hydrogen (secondary N) is 1. The first-order valence-electron chi connectivity index (χ1n) is 11.2. The van der Waals surface area contributed by atoms with E-state index < -0.39 is 5.54 Å². The zero-order valence-corrected chi connectivity index (χ0v) is 19.1. The maximum Gasteiger partial charge on any atom is 0.231 e. The van der Waals surface area contributed by atoms with E-state index in [0.29, 0.717) is 18.9 Å². The molecule has 0 radical (unpaired) electrons. The van der Waals surface area contributed by atoms with Crippen LogP contribution in [-0.4, -0.2) is 40.4 Å². The minimum Gasteiger partial charge on any atom is -0.487 e. The normalized spacial score (nSPS) is 31.5. The lowest BCUT2D eigenvalue weighted by molar-refractivity contribution is -0.130. The molecular formula is C24H34N4O3. The van der Waals surface area contributed by atoms with Gasteiger partial charge in [-0.3, -0.25) is 14.5 Å². The summed E-state index contributed by atoms with van der Waals surface area (Å²) < 4.78 is 6.31. The predicted molar refractivity (Wildman–Crippen MR) is 119 cm³/mol. The first kappa shape index (κ1) is 21.7. The van der Waals surface area contributed by atoms with Crippen LogP contribution in [0.5, 0.6) is 5.75 Å². The molecule has 3 unspecified atom stereocenters. The van der Waals surface area contributed by atoms with Crippen molar-refractivity contribution in [2.24, 2.45) is 28.5 Å². The van der Waals surface area contributed by atoms with E-state index in [0.717, 1.165) is 24.2 Å². The molecule has 0 spiro atoms. The summed E-state index contributed by atoms with van der Waals surface area (Å²) in [5.74, 6) is 1.45. The molecule has 2 amide bonds. The lowest BCUT2D eigenvalue weighted by Crippen LogP contribution is -2.50. The Bertz CT molecular complexity index is 925. The molecule has 1 aliphatic carbocycles. The maximum atomic E-state index is 13.1. The minimum absolute atomic E-state index is 0.0189. The quantitative estimate of drug-likeness (QED) is 0.756. The van der Waals surface area contributed by atoms with Gasteiger partial charge in [-0.1, -0.05) is 32.0 Å². The van der Waals surface area contributed by atoms with Crippen LogP contribution < -0.4 is 15.8 Å². The predicted octanol–water partition coefficient (Wildman–Crippen LogP) is 3.00. The molecule has 31 heavy (non-hydrogen) atoms. The van der Waals surface area contributed by atoms with E-state index in [-0.39, 0.29) is 41.3 Å². The molecule has 1 fully saturated rings. The van der Waals surface area contributed by atoms with E-state index >= 15 is 0 Å². The summed E-state index contributed by atoms with van der Waals surface area (Å²) in [6.45, 7) is 10.7. The first-order chi connectivity index (χ1) is 14.5. The van der Waals surface area contributed by atoms with Gasteiger partial charge in [-0.25, -0.2) is 4.99 Å². The van der Waals surface area contributed by atoms with Crippen LogP contribution in [0, 0.1) is 17.8 Å². The molecule has 2 aliphatic heterocycles. The second-order valence-electron chi connectivity index (χ2n) is 10.4. The van der Waals surface area contributed by atoms with Gasteiger partial charge in [0, 0.05) is 24.4 Å². The SMILES string of the molecule is CC(C)C1(C)CC(NC(=O)C2C[C@@H]2CN2C(=O)CC(C)(C)N=C2N)c2ccccc2O1. The highest BCUT2D eigenvalue weighted by atomic mass is 16.5. The average Bonchev–Trinajstić information content (AvgIpc) is 3.43. The molecular weight excluding hydrogens is 392 g/mol. The van der Waals surface area contributed by atoms with Crippen molar-refractivity contribution in [3.05, 3.63) is 29.8 Å². The summed E-state index contributed by atoms with van der Waals surface area (Å²) in [7, 11) is 0. The number of hydrogen-bond donors (Lipinski definition) is 2. The van der Waals surface area contributed by atoms with Crippen molar-refractivity contribution >= 4 is 17.8 Å². The molecule has 2 heterocycles. The van der Waals surface area contributed by atoms with Gasteiger partial charge in [-0.05, 0) is 45.1 Å². The Morgan fingerprint density at radius 2 is 2.03 bits per heavy atom. The van der Waals surface area contributed by atoms with Crippen LogP contribution in [0.25, 0.3) is 0 Å². The van der Waals surface area contributed by atoms with E-state index in [1.165, 1.54) is 0 Å². The number of carbonyl (C=O) groups is 2. The third-order valence-electron chi connectivity index (χ3n) is 7.04. The molecule has 0 aromatic heterocycles. The summed E-state index contributed by atoms with van der Waals surface area (Å²) in [6.07, 6.45) is 1.83. The molecule has 4 atom stereocenters. The highest BCUT2D eigenvalue weighted by molar-refractivity contribution is 5.99. The molecule has 1 saturated carbocycles. The van der Waals surface area contributed by atoms with Crippen molar-refractivity contribution in [2.45, 2.75) is 71.1 Å². The van der Waals surface area contributed by atoms with Gasteiger partial charge in [0.1, 0.15) is 11.4 Å². The number of rotatable bonds is 5. The van der Waals surface area contributed by atoms with Crippen LogP contribution in [-0.2, 0) is 9.59 Å². The Hall–Kier alpha value is -2.57. The van der Waals surface area contributed by atoms with E-state index in [2.05, 4.69) is 31.1 Å². The van der Waals surface area contributed by atoms with E-state index in [1.54, 1.807) is 4.90 Å². The summed E-state index contributed by atoms with van der Waals surface area (Å²) in [5.41, 5.74) is 6.27. The van der Waals surface area contributed by atoms with Crippen molar-refractivity contribution in [3.8, 4) is 5.75 Å². The molecule has 3 aliphatic rings. The van der Waals surface area contributed by atoms with Crippen molar-refractivity contribution in [1.29, 1.82) is 0 Å². The standard InChI is InChI=1S/C24H34N4O3/c1-14(2)24(5)11-18(16-8-6-7-9-19(16)31-24)26-21(30)17-10-15(17)13-28-20(29)12-23(3,4)27-22(28)25/h6-9,14-15,17-18H,10-13H2,1-5H3,(H2,25,27)(H,26,30)/t15-,17?,18?,24?/m1/s1. The molecule has 4 rings (SSSR count). The molecule has 168 valence electrons. The van der Waals surface area contributed by atoms with E-state index in [9.17, 15) is 9.59 Å². The van der Waals surface area contributed by atoms with Gasteiger partial charge in [-0.15, -0.1) is 0 Å². The zero-order valence-electron chi connectivity index (χ0n) is 19.1. The van der Waals surface area contributed by atoms with Crippen LogP contribution in [0.4, 0.5) is 0 Å². The number of benzene rings is 1. The smallest absolute Gasteiger partial charge is 0.231 e. The highest BCUT2D eigenvalue weighted by Crippen LogP contribution is 2.45. The van der Waals surface area contributed by atoms with Gasteiger partial charge in [0.15, 0.2) is 5.96 Å². The van der Waals surface area contributed by atoms with Crippen LogP contribution in [0.2, 0.25) is 0 Å². The zero-order chi connectivity index (χ0) is 22.6. The number of amides is 2. The Labute approximate surface area is 184 Å². The highest BCUT2D eigenvalue weighted by Gasteiger charge is 2.48. The van der Waals surface area contributed by atoms with Crippen LogP contribution in [0.3, 0.4) is 0 Å². The summed E-state index contributed by atoms with van der Waals surface area (Å²) >= 11 is 0. The lowest BCUT2D eigenvalue weighted by atomic mass is 9.81. The number of guanidine groups is 1. The molecule has 0 saturated heterocycles. The van der Waals surface area contributed by atoms with Crippen molar-refractivity contribution in [1.82, 2.24) is 10.2 Å². The minimum atomic E-state index is -0.461. The van der Waals surface area contributed by atoms with Crippen molar-refractivity contribution < 1.29 is 14.3 Å². The maximum absolute atomic E-state index is 13.1. The molecule has 3 N–H and O–H groups in total. The van der Waals surface area contributed by atoms with E-state index in [4.69, 9.17) is 10.5 Å². The lowest BCUT2D eigenvalue weighted by Gasteiger charge is -2.42. The van der Waals surface area contributed by atoms with Gasteiger partial charge in [-0.2, -0.15) is 0 Å². The molecule has 1 aromatic rings. The Balaban J connectivity index is 1.42. The average molecular weight is 427 g/mol. The molecule has 1 aromatic carbocycles. The van der Waals surface area contributed by atoms with Crippen molar-refractivity contribution in [2.75, 3.05) is 6.54 Å². The second kappa shape index (κ2) is 7.53. The largest absolute Gasteiger partial charge is 0.487 e. The number of carbonyl (C=O) groups excluding carboxylic acids is 2. The Morgan fingerprint density at radius 3 is 2.71 bits per heavy atom. The van der Waals surface area contributed by atoms with Gasteiger partial charge < -0.3 is 15.8 Å². The summed E-state index contributed by atoms with van der Waals surface area (Å²) in [6, 6.07) is 7.85. The molecule has 7 nitrogen and oxygen atoms in total. The number of para-hydroxylation sites is 1. The fourth-order valence-electron chi connectivity index (χ4n) is 4.63. The number of nitrogens with two attached hydrogens (primary N) is 1. The number of nitrogens with zero attached hydrogens (tertiary/aromatic N) is 2. The summed E-state index contributed by atoms with van der Waals surface area (Å²) in [4.78, 5) is 31.5. The second-order valence-corrected chi connectivity index (χ2v) is 10.4. The Morgan fingerprint density at radius 1 is 1.32 bits per heavy atom. The van der Waals surface area contributed by atoms with E-state index in [1.807, 2.05) is 38.1 Å². The number of fused-ring (bicyclic) bond motifs is 1. The van der Waals surface area contributed by atoms with Gasteiger partial charge in [0.05, 0.1) is 18.0 Å². The first-order valence-corrected chi connectivity index (χ1v) is 11.2. The van der Waals surface area contributed by atoms with Crippen LogP contribution in [0.15, 0.2) is 29.3 Å².